The Morgan fingerprint density at radius 3 is 2.30 bits per heavy atom. The van der Waals surface area contributed by atoms with Crippen LogP contribution in [0.4, 0.5) is 11.4 Å². The monoisotopic (exact) mass is 334 g/mol. The van der Waals surface area contributed by atoms with Gasteiger partial charge in [-0.3, -0.25) is 9.52 Å². The summed E-state index contributed by atoms with van der Waals surface area (Å²) in [6.07, 6.45) is 1.05. The number of hydrogen-bond acceptors (Lipinski definition) is 4. The third-order valence-corrected chi connectivity index (χ3v) is 3.66. The molecule has 0 radical (unpaired) electrons. The average molecular weight is 334 g/mol. The van der Waals surface area contributed by atoms with E-state index in [4.69, 9.17) is 4.74 Å². The van der Waals surface area contributed by atoms with Crippen LogP contribution in [0.2, 0.25) is 0 Å². The molecular formula is C16H18N2O4S. The number of hydrogen-bond donors (Lipinski definition) is 2. The normalized spacial score (nSPS) is 10.9. The first-order valence-corrected chi connectivity index (χ1v) is 8.71. The maximum atomic E-state index is 12.2. The van der Waals surface area contributed by atoms with Crippen LogP contribution in [-0.4, -0.2) is 27.7 Å². The molecule has 2 aromatic rings. The van der Waals surface area contributed by atoms with Crippen LogP contribution in [0.5, 0.6) is 5.75 Å². The summed E-state index contributed by atoms with van der Waals surface area (Å²) in [7, 11) is -2.02. The number of carbonyl (C=O) groups excluding carboxylic acids is 1. The van der Waals surface area contributed by atoms with E-state index in [1.54, 1.807) is 24.3 Å². The number of methoxy groups -OCH3 is 1. The van der Waals surface area contributed by atoms with Crippen LogP contribution < -0.4 is 14.8 Å². The van der Waals surface area contributed by atoms with E-state index < -0.39 is 10.0 Å². The van der Waals surface area contributed by atoms with E-state index >= 15 is 0 Å². The summed E-state index contributed by atoms with van der Waals surface area (Å²) in [6.45, 7) is 1.94. The molecule has 0 saturated heterocycles. The average Bonchev–Trinajstić information content (AvgIpc) is 2.46. The Morgan fingerprint density at radius 1 is 1.09 bits per heavy atom. The molecule has 0 aliphatic carbocycles. The highest BCUT2D eigenvalue weighted by Crippen LogP contribution is 2.28. The molecule has 0 aliphatic rings. The zero-order chi connectivity index (χ0) is 17.0. The fourth-order valence-electron chi connectivity index (χ4n) is 1.97. The smallest absolute Gasteiger partial charge is 0.255 e. The van der Waals surface area contributed by atoms with E-state index in [1.807, 2.05) is 19.1 Å². The molecule has 6 nitrogen and oxygen atoms in total. The van der Waals surface area contributed by atoms with Crippen LogP contribution in [0.1, 0.15) is 15.9 Å². The fourth-order valence-corrected chi connectivity index (χ4v) is 2.53. The number of sulfonamides is 1. The molecule has 2 N–H and O–H groups in total. The summed E-state index contributed by atoms with van der Waals surface area (Å²) < 4.78 is 30.3. The van der Waals surface area contributed by atoms with Crippen molar-refractivity contribution in [2.45, 2.75) is 6.92 Å². The molecule has 0 fully saturated rings. The zero-order valence-electron chi connectivity index (χ0n) is 13.1. The number of amides is 1. The second kappa shape index (κ2) is 6.70. The number of rotatable bonds is 5. The molecule has 23 heavy (non-hydrogen) atoms. The third-order valence-electron chi connectivity index (χ3n) is 3.07. The Bertz CT molecular complexity index is 814. The molecular weight excluding hydrogens is 316 g/mol. The van der Waals surface area contributed by atoms with Crippen molar-refractivity contribution >= 4 is 27.3 Å². The number of ether oxygens (including phenoxy) is 1. The number of carbonyl (C=O) groups is 1. The first-order valence-electron chi connectivity index (χ1n) is 6.82. The molecule has 0 bridgehead atoms. The van der Waals surface area contributed by atoms with Gasteiger partial charge in [-0.2, -0.15) is 0 Å². The van der Waals surface area contributed by atoms with Crippen molar-refractivity contribution in [3.05, 3.63) is 53.6 Å². The highest BCUT2D eigenvalue weighted by atomic mass is 32.2. The summed E-state index contributed by atoms with van der Waals surface area (Å²) >= 11 is 0. The Balaban J connectivity index is 2.24. The Labute approximate surface area is 135 Å². The van der Waals surface area contributed by atoms with Gasteiger partial charge in [-0.05, 0) is 37.3 Å². The van der Waals surface area contributed by atoms with E-state index in [9.17, 15) is 13.2 Å². The van der Waals surface area contributed by atoms with Crippen molar-refractivity contribution in [1.29, 1.82) is 0 Å². The summed E-state index contributed by atoms with van der Waals surface area (Å²) in [5.41, 5.74) is 2.30. The van der Waals surface area contributed by atoms with Crippen LogP contribution in [-0.2, 0) is 10.0 Å². The highest BCUT2D eigenvalue weighted by molar-refractivity contribution is 7.92. The van der Waals surface area contributed by atoms with Gasteiger partial charge in [-0.1, -0.05) is 17.7 Å². The summed E-state index contributed by atoms with van der Waals surface area (Å²) in [4.78, 5) is 12.2. The lowest BCUT2D eigenvalue weighted by Gasteiger charge is -2.12. The van der Waals surface area contributed by atoms with E-state index in [-0.39, 0.29) is 11.6 Å². The van der Waals surface area contributed by atoms with Crippen LogP contribution in [0.15, 0.2) is 42.5 Å². The minimum atomic E-state index is -3.45. The molecule has 0 heterocycles. The number of aryl methyl sites for hydroxylation is 1. The molecule has 2 rings (SSSR count). The predicted molar refractivity (Wildman–Crippen MR) is 90.6 cm³/mol. The number of anilines is 2. The molecule has 0 saturated carbocycles. The number of benzene rings is 2. The molecule has 7 heteroatoms. The fraction of sp³-hybridized carbons (Fsp3) is 0.188. The molecule has 1 amide bonds. The van der Waals surface area contributed by atoms with Crippen molar-refractivity contribution in [1.82, 2.24) is 0 Å². The van der Waals surface area contributed by atoms with Gasteiger partial charge >= 0.3 is 0 Å². The van der Waals surface area contributed by atoms with Gasteiger partial charge in [0.05, 0.1) is 19.1 Å². The van der Waals surface area contributed by atoms with Crippen molar-refractivity contribution in [2.75, 3.05) is 23.4 Å². The lowest BCUT2D eigenvalue weighted by molar-refractivity contribution is 0.102. The van der Waals surface area contributed by atoms with Crippen molar-refractivity contribution < 1.29 is 17.9 Å². The van der Waals surface area contributed by atoms with E-state index in [1.165, 1.54) is 13.2 Å². The van der Waals surface area contributed by atoms with Gasteiger partial charge in [0.1, 0.15) is 5.75 Å². The molecule has 0 aromatic heterocycles. The van der Waals surface area contributed by atoms with Gasteiger partial charge in [0.2, 0.25) is 10.0 Å². The van der Waals surface area contributed by atoms with Gasteiger partial charge in [-0.15, -0.1) is 0 Å². The van der Waals surface area contributed by atoms with Crippen molar-refractivity contribution in [3.8, 4) is 5.75 Å². The lowest BCUT2D eigenvalue weighted by Crippen LogP contribution is -2.13. The second-order valence-electron chi connectivity index (χ2n) is 5.11. The van der Waals surface area contributed by atoms with Gasteiger partial charge < -0.3 is 10.1 Å². The Morgan fingerprint density at radius 2 is 1.74 bits per heavy atom. The molecule has 0 unspecified atom stereocenters. The van der Waals surface area contributed by atoms with Gasteiger partial charge in [0, 0.05) is 11.3 Å². The van der Waals surface area contributed by atoms with E-state index in [0.29, 0.717) is 17.0 Å². The summed E-state index contributed by atoms with van der Waals surface area (Å²) in [5.74, 6) is 0.0873. The molecule has 0 atom stereocenters. The highest BCUT2D eigenvalue weighted by Gasteiger charge is 2.11. The SMILES string of the molecule is COc1ccc(NC(=O)c2ccc(C)cc2)cc1NS(C)(=O)=O. The zero-order valence-corrected chi connectivity index (χ0v) is 13.9. The minimum Gasteiger partial charge on any atom is -0.495 e. The maximum absolute atomic E-state index is 12.2. The van der Waals surface area contributed by atoms with Crippen molar-refractivity contribution in [3.63, 3.8) is 0 Å². The molecule has 0 aliphatic heterocycles. The summed E-state index contributed by atoms with van der Waals surface area (Å²) in [5, 5.41) is 2.73. The molecule has 2 aromatic carbocycles. The quantitative estimate of drug-likeness (QED) is 0.880. The first-order chi connectivity index (χ1) is 10.8. The maximum Gasteiger partial charge on any atom is 0.255 e. The topological polar surface area (TPSA) is 84.5 Å². The van der Waals surface area contributed by atoms with E-state index in [0.717, 1.165) is 11.8 Å². The lowest BCUT2D eigenvalue weighted by atomic mass is 10.1. The minimum absolute atomic E-state index is 0.261. The van der Waals surface area contributed by atoms with Crippen molar-refractivity contribution in [2.24, 2.45) is 0 Å². The van der Waals surface area contributed by atoms with Crippen LogP contribution in [0, 0.1) is 6.92 Å². The van der Waals surface area contributed by atoms with Crippen LogP contribution in [0.3, 0.4) is 0 Å². The van der Waals surface area contributed by atoms with Gasteiger partial charge in [0.25, 0.3) is 5.91 Å². The van der Waals surface area contributed by atoms with E-state index in [2.05, 4.69) is 10.0 Å². The standard InChI is InChI=1S/C16H18N2O4S/c1-11-4-6-12(7-5-11)16(19)17-13-8-9-15(22-2)14(10-13)18-23(3,20)21/h4-10,18H,1-3H3,(H,17,19). The Kier molecular flexibility index (Phi) is 4.90. The van der Waals surface area contributed by atoms with Crippen LogP contribution >= 0.6 is 0 Å². The molecule has 0 spiro atoms. The predicted octanol–water partition coefficient (Wildman–Crippen LogP) is 2.63. The van der Waals surface area contributed by atoms with Gasteiger partial charge in [0.15, 0.2) is 0 Å². The largest absolute Gasteiger partial charge is 0.495 e. The van der Waals surface area contributed by atoms with Crippen LogP contribution in [0.25, 0.3) is 0 Å². The molecule has 122 valence electrons. The van der Waals surface area contributed by atoms with Gasteiger partial charge in [-0.25, -0.2) is 8.42 Å². The Hall–Kier alpha value is -2.54. The third kappa shape index (κ3) is 4.72. The second-order valence-corrected chi connectivity index (χ2v) is 6.86. The number of nitrogens with one attached hydrogen (secondary N) is 2. The summed E-state index contributed by atoms with van der Waals surface area (Å²) in [6, 6.07) is 11.9. The first kappa shape index (κ1) is 16.8.